The Balaban J connectivity index is 0.00000484. The molecule has 0 amide bonds. The second-order valence-electron chi connectivity index (χ2n) is 5.24. The Kier molecular flexibility index (Phi) is 12.8. The van der Waals surface area contributed by atoms with Crippen LogP contribution in [-0.2, 0) is 11.3 Å². The number of hydrogen-bond acceptors (Lipinski definition) is 3. The molecule has 0 bridgehead atoms. The molecular formula is C17H30IN3O2. The zero-order chi connectivity index (χ0) is 16.2. The Morgan fingerprint density at radius 2 is 1.87 bits per heavy atom. The molecule has 0 spiro atoms. The predicted molar refractivity (Wildman–Crippen MR) is 107 cm³/mol. The molecule has 0 fully saturated rings. The van der Waals surface area contributed by atoms with Crippen LogP contribution in [0.5, 0.6) is 5.75 Å². The molecule has 0 saturated carbocycles. The van der Waals surface area contributed by atoms with Gasteiger partial charge in [-0.05, 0) is 44.9 Å². The highest BCUT2D eigenvalue weighted by atomic mass is 127. The zero-order valence-electron chi connectivity index (χ0n) is 14.6. The van der Waals surface area contributed by atoms with Gasteiger partial charge in [-0.2, -0.15) is 0 Å². The molecule has 2 N–H and O–H groups in total. The van der Waals surface area contributed by atoms with E-state index in [0.717, 1.165) is 43.4 Å². The molecule has 0 saturated heterocycles. The summed E-state index contributed by atoms with van der Waals surface area (Å²) in [6.45, 7) is 9.26. The smallest absolute Gasteiger partial charge is 0.191 e. The third-order valence-corrected chi connectivity index (χ3v) is 2.99. The maximum atomic E-state index is 5.52. The van der Waals surface area contributed by atoms with E-state index in [1.54, 1.807) is 7.11 Å². The van der Waals surface area contributed by atoms with Crippen LogP contribution in [0.4, 0.5) is 0 Å². The lowest BCUT2D eigenvalue weighted by atomic mass is 10.2. The summed E-state index contributed by atoms with van der Waals surface area (Å²) in [4.78, 5) is 4.58. The minimum atomic E-state index is 0. The highest BCUT2D eigenvalue weighted by molar-refractivity contribution is 14.0. The Labute approximate surface area is 157 Å². The van der Waals surface area contributed by atoms with Crippen LogP contribution in [0.3, 0.4) is 0 Å². The van der Waals surface area contributed by atoms with Gasteiger partial charge >= 0.3 is 0 Å². The van der Waals surface area contributed by atoms with Crippen LogP contribution in [-0.4, -0.2) is 38.9 Å². The standard InChI is InChI=1S/C17H29N3O2.HI/c1-5-18-17(19-11-6-12-22-14(2)3)20-13-15-7-9-16(21-4)10-8-15;/h7-10,14H,5-6,11-13H2,1-4H3,(H2,18,19,20);1H. The van der Waals surface area contributed by atoms with E-state index in [0.29, 0.717) is 6.54 Å². The fourth-order valence-electron chi connectivity index (χ4n) is 1.84. The molecule has 132 valence electrons. The van der Waals surface area contributed by atoms with Crippen molar-refractivity contribution in [2.24, 2.45) is 4.99 Å². The molecule has 0 aliphatic carbocycles. The molecule has 23 heavy (non-hydrogen) atoms. The highest BCUT2D eigenvalue weighted by Crippen LogP contribution is 2.11. The molecule has 0 aromatic heterocycles. The van der Waals surface area contributed by atoms with Gasteiger partial charge in [-0.3, -0.25) is 0 Å². The normalized spacial score (nSPS) is 11.1. The van der Waals surface area contributed by atoms with Crippen molar-refractivity contribution in [3.63, 3.8) is 0 Å². The summed E-state index contributed by atoms with van der Waals surface area (Å²) < 4.78 is 10.7. The molecule has 0 heterocycles. The van der Waals surface area contributed by atoms with Gasteiger partial charge in [0.2, 0.25) is 0 Å². The molecular weight excluding hydrogens is 405 g/mol. The number of guanidine groups is 1. The van der Waals surface area contributed by atoms with Gasteiger partial charge in [-0.1, -0.05) is 12.1 Å². The average Bonchev–Trinajstić information content (AvgIpc) is 2.52. The summed E-state index contributed by atoms with van der Waals surface area (Å²) >= 11 is 0. The maximum absolute atomic E-state index is 5.52. The summed E-state index contributed by atoms with van der Waals surface area (Å²) in [6, 6.07) is 7.97. The summed E-state index contributed by atoms with van der Waals surface area (Å²) in [5, 5.41) is 6.57. The van der Waals surface area contributed by atoms with E-state index in [9.17, 15) is 0 Å². The van der Waals surface area contributed by atoms with Crippen LogP contribution < -0.4 is 15.4 Å². The van der Waals surface area contributed by atoms with Crippen molar-refractivity contribution in [3.8, 4) is 5.75 Å². The van der Waals surface area contributed by atoms with Gasteiger partial charge in [-0.15, -0.1) is 24.0 Å². The molecule has 1 rings (SSSR count). The Hall–Kier alpha value is -1.02. The predicted octanol–water partition coefficient (Wildman–Crippen LogP) is 3.18. The average molecular weight is 435 g/mol. The lowest BCUT2D eigenvalue weighted by molar-refractivity contribution is 0.0776. The number of hydrogen-bond donors (Lipinski definition) is 2. The first-order chi connectivity index (χ1) is 10.7. The van der Waals surface area contributed by atoms with Crippen LogP contribution in [0, 0.1) is 0 Å². The first kappa shape index (κ1) is 22.0. The van der Waals surface area contributed by atoms with E-state index >= 15 is 0 Å². The summed E-state index contributed by atoms with van der Waals surface area (Å²) in [6.07, 6.45) is 1.25. The number of nitrogens with one attached hydrogen (secondary N) is 2. The summed E-state index contributed by atoms with van der Waals surface area (Å²) in [5.41, 5.74) is 1.15. The molecule has 0 atom stereocenters. The van der Waals surface area contributed by atoms with E-state index in [-0.39, 0.29) is 30.1 Å². The highest BCUT2D eigenvalue weighted by Gasteiger charge is 1.99. The SMILES string of the molecule is CCNC(=NCc1ccc(OC)cc1)NCCCOC(C)C.I. The number of nitrogens with zero attached hydrogens (tertiary/aromatic N) is 1. The topological polar surface area (TPSA) is 54.9 Å². The molecule has 0 aliphatic rings. The zero-order valence-corrected chi connectivity index (χ0v) is 16.9. The van der Waals surface area contributed by atoms with E-state index in [4.69, 9.17) is 9.47 Å². The van der Waals surface area contributed by atoms with Gasteiger partial charge in [0, 0.05) is 19.7 Å². The quantitative estimate of drug-likeness (QED) is 0.271. The van der Waals surface area contributed by atoms with Gasteiger partial charge < -0.3 is 20.1 Å². The van der Waals surface area contributed by atoms with Crippen molar-refractivity contribution in [1.29, 1.82) is 0 Å². The molecule has 6 heteroatoms. The minimum absolute atomic E-state index is 0. The lowest BCUT2D eigenvalue weighted by Crippen LogP contribution is -2.38. The fraction of sp³-hybridized carbons (Fsp3) is 0.588. The fourth-order valence-corrected chi connectivity index (χ4v) is 1.84. The van der Waals surface area contributed by atoms with E-state index in [2.05, 4.69) is 22.5 Å². The first-order valence-corrected chi connectivity index (χ1v) is 7.92. The molecule has 0 aliphatic heterocycles. The van der Waals surface area contributed by atoms with Crippen molar-refractivity contribution in [3.05, 3.63) is 29.8 Å². The number of aliphatic imine (C=N–C) groups is 1. The van der Waals surface area contributed by atoms with Gasteiger partial charge in [0.05, 0.1) is 19.8 Å². The van der Waals surface area contributed by atoms with Crippen molar-refractivity contribution in [2.45, 2.75) is 39.8 Å². The number of benzene rings is 1. The Bertz CT molecular complexity index is 436. The Morgan fingerprint density at radius 3 is 2.43 bits per heavy atom. The first-order valence-electron chi connectivity index (χ1n) is 7.92. The molecule has 1 aromatic rings. The third kappa shape index (κ3) is 10.4. The van der Waals surface area contributed by atoms with Crippen LogP contribution in [0.2, 0.25) is 0 Å². The van der Waals surface area contributed by atoms with Crippen LogP contribution in [0.1, 0.15) is 32.8 Å². The van der Waals surface area contributed by atoms with Crippen molar-refractivity contribution in [1.82, 2.24) is 10.6 Å². The number of methoxy groups -OCH3 is 1. The van der Waals surface area contributed by atoms with Gasteiger partial charge in [0.25, 0.3) is 0 Å². The van der Waals surface area contributed by atoms with Crippen LogP contribution in [0.15, 0.2) is 29.3 Å². The van der Waals surface area contributed by atoms with Crippen LogP contribution >= 0.6 is 24.0 Å². The summed E-state index contributed by atoms with van der Waals surface area (Å²) in [5.74, 6) is 1.70. The number of halogens is 1. The minimum Gasteiger partial charge on any atom is -0.497 e. The molecule has 0 radical (unpaired) electrons. The second-order valence-corrected chi connectivity index (χ2v) is 5.24. The van der Waals surface area contributed by atoms with E-state index < -0.39 is 0 Å². The van der Waals surface area contributed by atoms with Crippen molar-refractivity contribution >= 4 is 29.9 Å². The van der Waals surface area contributed by atoms with Gasteiger partial charge in [-0.25, -0.2) is 4.99 Å². The van der Waals surface area contributed by atoms with Crippen molar-refractivity contribution in [2.75, 3.05) is 26.8 Å². The third-order valence-electron chi connectivity index (χ3n) is 2.99. The number of ether oxygens (including phenoxy) is 2. The Morgan fingerprint density at radius 1 is 1.17 bits per heavy atom. The molecule has 5 nitrogen and oxygen atoms in total. The molecule has 0 unspecified atom stereocenters. The monoisotopic (exact) mass is 435 g/mol. The lowest BCUT2D eigenvalue weighted by Gasteiger charge is -2.12. The van der Waals surface area contributed by atoms with Crippen LogP contribution in [0.25, 0.3) is 0 Å². The van der Waals surface area contributed by atoms with Crippen molar-refractivity contribution < 1.29 is 9.47 Å². The van der Waals surface area contributed by atoms with E-state index in [1.807, 2.05) is 38.1 Å². The van der Waals surface area contributed by atoms with E-state index in [1.165, 1.54) is 0 Å². The molecule has 1 aromatic carbocycles. The van der Waals surface area contributed by atoms with Gasteiger partial charge in [0.15, 0.2) is 5.96 Å². The maximum Gasteiger partial charge on any atom is 0.191 e. The summed E-state index contributed by atoms with van der Waals surface area (Å²) in [7, 11) is 1.67. The van der Waals surface area contributed by atoms with Gasteiger partial charge in [0.1, 0.15) is 5.75 Å². The number of rotatable bonds is 9. The largest absolute Gasteiger partial charge is 0.497 e. The second kappa shape index (κ2) is 13.4.